The Balaban J connectivity index is 1.52. The number of piperidine rings is 1. The molecule has 1 aromatic heterocycles. The molecule has 1 aromatic rings. The van der Waals surface area contributed by atoms with Crippen molar-refractivity contribution in [1.82, 2.24) is 15.6 Å². The summed E-state index contributed by atoms with van der Waals surface area (Å²) in [6, 6.07) is 3.85. The van der Waals surface area contributed by atoms with E-state index in [0.717, 1.165) is 18.7 Å². The molecule has 2 fully saturated rings. The van der Waals surface area contributed by atoms with Gasteiger partial charge in [0.2, 0.25) is 11.8 Å². The number of fused-ring (bicyclic) bond motifs is 1. The largest absolute Gasteiger partial charge is 0.475 e. The number of pyridine rings is 1. The van der Waals surface area contributed by atoms with Gasteiger partial charge in [0, 0.05) is 17.7 Å². The SMILES string of the molecule is Cc1cccnc1OCC(C)(C)NC(=O)[C@@H]1C2CNC[C@H]21. The summed E-state index contributed by atoms with van der Waals surface area (Å²) in [6.07, 6.45) is 1.71. The molecule has 0 spiro atoms. The number of ether oxygens (including phenoxy) is 1. The summed E-state index contributed by atoms with van der Waals surface area (Å²) >= 11 is 0. The van der Waals surface area contributed by atoms with Crippen LogP contribution in [0.2, 0.25) is 0 Å². The van der Waals surface area contributed by atoms with E-state index in [2.05, 4.69) is 15.6 Å². The van der Waals surface area contributed by atoms with E-state index in [0.29, 0.717) is 24.3 Å². The molecule has 1 amide bonds. The molecule has 114 valence electrons. The predicted molar refractivity (Wildman–Crippen MR) is 80.0 cm³/mol. The van der Waals surface area contributed by atoms with Crippen LogP contribution in [-0.2, 0) is 4.79 Å². The van der Waals surface area contributed by atoms with Gasteiger partial charge in [0.25, 0.3) is 0 Å². The van der Waals surface area contributed by atoms with E-state index in [-0.39, 0.29) is 11.8 Å². The van der Waals surface area contributed by atoms with Crippen LogP contribution < -0.4 is 15.4 Å². The summed E-state index contributed by atoms with van der Waals surface area (Å²) in [5.74, 6) is 2.08. The number of amides is 1. The van der Waals surface area contributed by atoms with E-state index in [9.17, 15) is 4.79 Å². The summed E-state index contributed by atoms with van der Waals surface area (Å²) in [7, 11) is 0. The maximum absolute atomic E-state index is 12.3. The number of hydrogen-bond donors (Lipinski definition) is 2. The van der Waals surface area contributed by atoms with E-state index in [4.69, 9.17) is 4.74 Å². The molecule has 3 atom stereocenters. The smallest absolute Gasteiger partial charge is 0.224 e. The molecule has 1 saturated heterocycles. The average Bonchev–Trinajstić information content (AvgIpc) is 2.92. The molecule has 2 heterocycles. The maximum Gasteiger partial charge on any atom is 0.224 e. The van der Waals surface area contributed by atoms with Crippen molar-refractivity contribution in [3.8, 4) is 5.88 Å². The van der Waals surface area contributed by atoms with Crippen molar-refractivity contribution in [2.24, 2.45) is 17.8 Å². The lowest BCUT2D eigenvalue weighted by molar-refractivity contribution is -0.125. The van der Waals surface area contributed by atoms with Gasteiger partial charge in [0.15, 0.2) is 0 Å². The van der Waals surface area contributed by atoms with E-state index in [1.165, 1.54) is 0 Å². The van der Waals surface area contributed by atoms with Crippen molar-refractivity contribution in [2.75, 3.05) is 19.7 Å². The molecule has 0 aromatic carbocycles. The van der Waals surface area contributed by atoms with Crippen molar-refractivity contribution in [3.05, 3.63) is 23.9 Å². The zero-order valence-corrected chi connectivity index (χ0v) is 12.8. The standard InChI is InChI=1S/C16H23N3O2/c1-10-5-4-6-18-15(10)21-9-16(2,3)19-14(20)13-11-7-17-8-12(11)13/h4-6,11-13,17H,7-9H2,1-3H3,(H,19,20)/t11-,12?,13+/m1/s1. The van der Waals surface area contributed by atoms with E-state index in [1.54, 1.807) is 6.20 Å². The third-order valence-electron chi connectivity index (χ3n) is 4.39. The van der Waals surface area contributed by atoms with Gasteiger partial charge in [-0.1, -0.05) is 6.07 Å². The van der Waals surface area contributed by atoms with Gasteiger partial charge in [-0.25, -0.2) is 4.98 Å². The first-order valence-corrected chi connectivity index (χ1v) is 7.55. The number of nitrogens with one attached hydrogen (secondary N) is 2. The van der Waals surface area contributed by atoms with Crippen molar-refractivity contribution in [3.63, 3.8) is 0 Å². The molecule has 5 heteroatoms. The highest BCUT2D eigenvalue weighted by molar-refractivity contribution is 5.83. The van der Waals surface area contributed by atoms with Crippen LogP contribution in [0.3, 0.4) is 0 Å². The van der Waals surface area contributed by atoms with Crippen LogP contribution in [0.5, 0.6) is 5.88 Å². The molecule has 1 unspecified atom stereocenters. The van der Waals surface area contributed by atoms with Gasteiger partial charge in [-0.15, -0.1) is 0 Å². The molecule has 2 aliphatic rings. The van der Waals surface area contributed by atoms with Gasteiger partial charge in [-0.3, -0.25) is 4.79 Å². The van der Waals surface area contributed by atoms with Crippen LogP contribution in [0.1, 0.15) is 19.4 Å². The normalized spacial score (nSPS) is 27.1. The second-order valence-electron chi connectivity index (χ2n) is 6.80. The number of nitrogens with zero attached hydrogens (tertiary/aromatic N) is 1. The molecule has 0 bridgehead atoms. The van der Waals surface area contributed by atoms with Gasteiger partial charge in [0.1, 0.15) is 6.61 Å². The highest BCUT2D eigenvalue weighted by Crippen LogP contribution is 2.48. The monoisotopic (exact) mass is 289 g/mol. The van der Waals surface area contributed by atoms with E-state index >= 15 is 0 Å². The molecule has 3 rings (SSSR count). The van der Waals surface area contributed by atoms with Gasteiger partial charge >= 0.3 is 0 Å². The minimum absolute atomic E-state index is 0.165. The zero-order chi connectivity index (χ0) is 15.0. The van der Waals surface area contributed by atoms with Gasteiger partial charge in [-0.05, 0) is 51.8 Å². The number of aryl methyl sites for hydroxylation is 1. The molecule has 0 radical (unpaired) electrons. The van der Waals surface area contributed by atoms with Crippen LogP contribution in [-0.4, -0.2) is 36.1 Å². The molecule has 5 nitrogen and oxygen atoms in total. The number of hydrogen-bond acceptors (Lipinski definition) is 4. The lowest BCUT2D eigenvalue weighted by atomic mass is 10.1. The molecule has 21 heavy (non-hydrogen) atoms. The molecular weight excluding hydrogens is 266 g/mol. The molecular formula is C16H23N3O2. The first-order chi connectivity index (χ1) is 9.98. The van der Waals surface area contributed by atoms with E-state index in [1.807, 2.05) is 32.9 Å². The molecule has 1 aliphatic carbocycles. The summed E-state index contributed by atoms with van der Waals surface area (Å²) in [5, 5.41) is 6.43. The van der Waals surface area contributed by atoms with E-state index < -0.39 is 5.54 Å². The van der Waals surface area contributed by atoms with Crippen molar-refractivity contribution in [2.45, 2.75) is 26.3 Å². The fourth-order valence-electron chi connectivity index (χ4n) is 3.13. The zero-order valence-electron chi connectivity index (χ0n) is 12.8. The Morgan fingerprint density at radius 1 is 1.48 bits per heavy atom. The van der Waals surface area contributed by atoms with Crippen LogP contribution in [0.4, 0.5) is 0 Å². The average molecular weight is 289 g/mol. The Labute approximate surface area is 125 Å². The third-order valence-corrected chi connectivity index (χ3v) is 4.39. The Hall–Kier alpha value is -1.62. The second-order valence-corrected chi connectivity index (χ2v) is 6.80. The van der Waals surface area contributed by atoms with Crippen LogP contribution >= 0.6 is 0 Å². The lowest BCUT2D eigenvalue weighted by Gasteiger charge is -2.26. The van der Waals surface area contributed by atoms with Crippen LogP contribution in [0, 0.1) is 24.7 Å². The van der Waals surface area contributed by atoms with Crippen molar-refractivity contribution in [1.29, 1.82) is 0 Å². The summed E-state index contributed by atoms with van der Waals surface area (Å²) in [4.78, 5) is 16.5. The van der Waals surface area contributed by atoms with Crippen molar-refractivity contribution >= 4 is 5.91 Å². The Morgan fingerprint density at radius 3 is 2.86 bits per heavy atom. The topological polar surface area (TPSA) is 63.2 Å². The third kappa shape index (κ3) is 3.02. The maximum atomic E-state index is 12.3. The summed E-state index contributed by atoms with van der Waals surface area (Å²) in [6.45, 7) is 8.31. The quantitative estimate of drug-likeness (QED) is 0.853. The number of rotatable bonds is 5. The molecule has 1 aliphatic heterocycles. The Kier molecular flexibility index (Phi) is 3.61. The highest BCUT2D eigenvalue weighted by atomic mass is 16.5. The summed E-state index contributed by atoms with van der Waals surface area (Å²) < 4.78 is 5.76. The van der Waals surface area contributed by atoms with Crippen LogP contribution in [0.25, 0.3) is 0 Å². The molecule has 2 N–H and O–H groups in total. The second kappa shape index (κ2) is 5.30. The Morgan fingerprint density at radius 2 is 2.19 bits per heavy atom. The first-order valence-electron chi connectivity index (χ1n) is 7.55. The number of carbonyl (C=O) groups excluding carboxylic acids is 1. The summed E-state index contributed by atoms with van der Waals surface area (Å²) in [5.41, 5.74) is 0.605. The van der Waals surface area contributed by atoms with Crippen LogP contribution in [0.15, 0.2) is 18.3 Å². The lowest BCUT2D eigenvalue weighted by Crippen LogP contribution is -2.49. The molecule has 1 saturated carbocycles. The van der Waals surface area contributed by atoms with Gasteiger partial charge < -0.3 is 15.4 Å². The van der Waals surface area contributed by atoms with Gasteiger partial charge in [-0.2, -0.15) is 0 Å². The predicted octanol–water partition coefficient (Wildman–Crippen LogP) is 1.13. The highest BCUT2D eigenvalue weighted by Gasteiger charge is 2.57. The number of carbonyl (C=O) groups is 1. The number of aromatic nitrogens is 1. The minimum Gasteiger partial charge on any atom is -0.475 e. The van der Waals surface area contributed by atoms with Gasteiger partial charge in [0.05, 0.1) is 5.54 Å². The van der Waals surface area contributed by atoms with Crippen molar-refractivity contribution < 1.29 is 9.53 Å². The Bertz CT molecular complexity index is 534. The minimum atomic E-state index is -0.397. The first kappa shape index (κ1) is 14.3. The fraction of sp³-hybridized carbons (Fsp3) is 0.625. The fourth-order valence-corrected chi connectivity index (χ4v) is 3.13.